The molecule has 0 saturated carbocycles. The van der Waals surface area contributed by atoms with Crippen molar-refractivity contribution < 1.29 is 0 Å². The summed E-state index contributed by atoms with van der Waals surface area (Å²) >= 11 is 0. The van der Waals surface area contributed by atoms with Crippen LogP contribution in [0.3, 0.4) is 0 Å². The molecule has 3 rings (SSSR count). The van der Waals surface area contributed by atoms with Crippen LogP contribution in [0.1, 0.15) is 12.1 Å². The Labute approximate surface area is 95.5 Å². The quantitative estimate of drug-likeness (QED) is 0.830. The molecule has 0 spiro atoms. The van der Waals surface area contributed by atoms with Crippen LogP contribution < -0.4 is 5.32 Å². The molecule has 0 amide bonds. The molecule has 84 valence electrons. The fourth-order valence-electron chi connectivity index (χ4n) is 2.58. The van der Waals surface area contributed by atoms with Crippen molar-refractivity contribution in [3.63, 3.8) is 0 Å². The molecule has 2 aromatic heterocycles. The van der Waals surface area contributed by atoms with Crippen LogP contribution in [0, 0.1) is 12.8 Å². The predicted molar refractivity (Wildman–Crippen MR) is 65.4 cm³/mol. The van der Waals surface area contributed by atoms with E-state index in [9.17, 15) is 0 Å². The Morgan fingerprint density at radius 1 is 1.56 bits per heavy atom. The number of nitrogens with zero attached hydrogens (tertiary/aromatic N) is 2. The maximum Gasteiger partial charge on any atom is 0.140 e. The molecule has 1 unspecified atom stereocenters. The number of pyridine rings is 1. The fourth-order valence-corrected chi connectivity index (χ4v) is 2.58. The van der Waals surface area contributed by atoms with Gasteiger partial charge in [-0.15, -0.1) is 0 Å². The van der Waals surface area contributed by atoms with Crippen molar-refractivity contribution in [2.24, 2.45) is 5.92 Å². The van der Waals surface area contributed by atoms with E-state index in [0.29, 0.717) is 0 Å². The van der Waals surface area contributed by atoms with Crippen molar-refractivity contribution in [3.8, 4) is 0 Å². The molecular weight excluding hydrogens is 198 g/mol. The molecule has 1 saturated heterocycles. The van der Waals surface area contributed by atoms with Crippen LogP contribution in [-0.4, -0.2) is 22.6 Å². The molecule has 1 N–H and O–H groups in total. The maximum absolute atomic E-state index is 4.49. The van der Waals surface area contributed by atoms with Crippen LogP contribution in [0.5, 0.6) is 0 Å². The van der Waals surface area contributed by atoms with E-state index in [-0.39, 0.29) is 0 Å². The SMILES string of the molecule is Cc1cc2cccnc2n1CC1CCNC1. The number of fused-ring (bicyclic) bond motifs is 1. The van der Waals surface area contributed by atoms with Crippen molar-refractivity contribution >= 4 is 11.0 Å². The Hall–Kier alpha value is -1.35. The van der Waals surface area contributed by atoms with Gasteiger partial charge in [0.2, 0.25) is 0 Å². The predicted octanol–water partition coefficient (Wildman–Crippen LogP) is 1.95. The van der Waals surface area contributed by atoms with Gasteiger partial charge >= 0.3 is 0 Å². The van der Waals surface area contributed by atoms with Crippen LogP contribution in [0.2, 0.25) is 0 Å². The molecule has 1 fully saturated rings. The standard InChI is InChI=1S/C13H17N3/c1-10-7-12-3-2-5-15-13(12)16(10)9-11-4-6-14-8-11/h2-3,5,7,11,14H,4,6,8-9H2,1H3. The highest BCUT2D eigenvalue weighted by Gasteiger charge is 2.17. The highest BCUT2D eigenvalue weighted by molar-refractivity contribution is 5.77. The Morgan fingerprint density at radius 3 is 3.31 bits per heavy atom. The number of aryl methyl sites for hydroxylation is 1. The second-order valence-electron chi connectivity index (χ2n) is 4.67. The molecular formula is C13H17N3. The van der Waals surface area contributed by atoms with Crippen molar-refractivity contribution in [1.82, 2.24) is 14.9 Å². The van der Waals surface area contributed by atoms with Gasteiger partial charge in [0.05, 0.1) is 0 Å². The van der Waals surface area contributed by atoms with E-state index >= 15 is 0 Å². The summed E-state index contributed by atoms with van der Waals surface area (Å²) in [6, 6.07) is 6.37. The van der Waals surface area contributed by atoms with Crippen LogP contribution in [0.25, 0.3) is 11.0 Å². The summed E-state index contributed by atoms with van der Waals surface area (Å²) in [5.41, 5.74) is 2.45. The van der Waals surface area contributed by atoms with Gasteiger partial charge in [-0.1, -0.05) is 0 Å². The molecule has 0 aromatic carbocycles. The normalized spacial score (nSPS) is 20.7. The van der Waals surface area contributed by atoms with Crippen molar-refractivity contribution in [1.29, 1.82) is 0 Å². The van der Waals surface area contributed by atoms with Crippen LogP contribution in [-0.2, 0) is 6.54 Å². The van der Waals surface area contributed by atoms with E-state index < -0.39 is 0 Å². The minimum absolute atomic E-state index is 0.760. The fraction of sp³-hybridized carbons (Fsp3) is 0.462. The molecule has 3 heteroatoms. The lowest BCUT2D eigenvalue weighted by molar-refractivity contribution is 0.483. The lowest BCUT2D eigenvalue weighted by Crippen LogP contribution is -2.15. The van der Waals surface area contributed by atoms with Gasteiger partial charge in [0.1, 0.15) is 5.65 Å². The van der Waals surface area contributed by atoms with Gasteiger partial charge in [-0.3, -0.25) is 0 Å². The highest BCUT2D eigenvalue weighted by Crippen LogP contribution is 2.20. The number of nitrogens with one attached hydrogen (secondary N) is 1. The second-order valence-corrected chi connectivity index (χ2v) is 4.67. The van der Waals surface area contributed by atoms with Crippen molar-refractivity contribution in [2.75, 3.05) is 13.1 Å². The third kappa shape index (κ3) is 1.61. The van der Waals surface area contributed by atoms with Crippen LogP contribution >= 0.6 is 0 Å². The Balaban J connectivity index is 1.98. The van der Waals surface area contributed by atoms with Gasteiger partial charge in [0.25, 0.3) is 0 Å². The van der Waals surface area contributed by atoms with Gasteiger partial charge in [-0.05, 0) is 50.6 Å². The first kappa shape index (κ1) is 9.85. The van der Waals surface area contributed by atoms with E-state index in [2.05, 4.69) is 33.9 Å². The van der Waals surface area contributed by atoms with E-state index in [1.807, 2.05) is 12.3 Å². The van der Waals surface area contributed by atoms with Gasteiger partial charge in [-0.2, -0.15) is 0 Å². The average molecular weight is 215 g/mol. The zero-order valence-electron chi connectivity index (χ0n) is 9.61. The zero-order valence-corrected chi connectivity index (χ0v) is 9.61. The molecule has 0 bridgehead atoms. The minimum Gasteiger partial charge on any atom is -0.330 e. The van der Waals surface area contributed by atoms with Crippen LogP contribution in [0.4, 0.5) is 0 Å². The molecule has 1 aliphatic rings. The van der Waals surface area contributed by atoms with E-state index in [1.165, 1.54) is 17.5 Å². The number of hydrogen-bond donors (Lipinski definition) is 1. The first-order valence-corrected chi connectivity index (χ1v) is 5.96. The maximum atomic E-state index is 4.49. The summed E-state index contributed by atoms with van der Waals surface area (Å²) in [6.07, 6.45) is 3.16. The van der Waals surface area contributed by atoms with Crippen molar-refractivity contribution in [3.05, 3.63) is 30.1 Å². The Kier molecular flexibility index (Phi) is 2.40. The highest BCUT2D eigenvalue weighted by atomic mass is 15.1. The number of hydrogen-bond acceptors (Lipinski definition) is 2. The first-order chi connectivity index (χ1) is 7.84. The largest absolute Gasteiger partial charge is 0.330 e. The van der Waals surface area contributed by atoms with Crippen molar-refractivity contribution in [2.45, 2.75) is 19.9 Å². The van der Waals surface area contributed by atoms with Gasteiger partial charge in [0, 0.05) is 23.8 Å². The van der Waals surface area contributed by atoms with Gasteiger partial charge in [0.15, 0.2) is 0 Å². The third-order valence-corrected chi connectivity index (χ3v) is 3.47. The van der Waals surface area contributed by atoms with Gasteiger partial charge < -0.3 is 9.88 Å². The zero-order chi connectivity index (χ0) is 11.0. The number of rotatable bonds is 2. The topological polar surface area (TPSA) is 29.9 Å². The monoisotopic (exact) mass is 215 g/mol. The molecule has 16 heavy (non-hydrogen) atoms. The molecule has 0 radical (unpaired) electrons. The molecule has 1 atom stereocenters. The van der Waals surface area contributed by atoms with E-state index in [4.69, 9.17) is 0 Å². The smallest absolute Gasteiger partial charge is 0.140 e. The minimum atomic E-state index is 0.760. The molecule has 3 heterocycles. The summed E-state index contributed by atoms with van der Waals surface area (Å²) in [7, 11) is 0. The molecule has 1 aliphatic heterocycles. The molecule has 0 aliphatic carbocycles. The molecule has 3 nitrogen and oxygen atoms in total. The third-order valence-electron chi connectivity index (χ3n) is 3.47. The summed E-state index contributed by atoms with van der Waals surface area (Å²) < 4.78 is 2.35. The summed E-state index contributed by atoms with van der Waals surface area (Å²) in [4.78, 5) is 4.49. The summed E-state index contributed by atoms with van der Waals surface area (Å²) in [5, 5.41) is 4.67. The lowest BCUT2D eigenvalue weighted by atomic mass is 10.1. The van der Waals surface area contributed by atoms with Crippen LogP contribution in [0.15, 0.2) is 24.4 Å². The Morgan fingerprint density at radius 2 is 2.50 bits per heavy atom. The van der Waals surface area contributed by atoms with E-state index in [1.54, 1.807) is 0 Å². The first-order valence-electron chi connectivity index (χ1n) is 5.96. The van der Waals surface area contributed by atoms with E-state index in [0.717, 1.165) is 31.2 Å². The number of aromatic nitrogens is 2. The molecule has 2 aromatic rings. The second kappa shape index (κ2) is 3.91. The summed E-state index contributed by atoms with van der Waals surface area (Å²) in [5.74, 6) is 0.760. The summed E-state index contributed by atoms with van der Waals surface area (Å²) in [6.45, 7) is 5.58. The lowest BCUT2D eigenvalue weighted by Gasteiger charge is -2.12. The average Bonchev–Trinajstić information content (AvgIpc) is 2.89. The van der Waals surface area contributed by atoms with Gasteiger partial charge in [-0.25, -0.2) is 4.98 Å². The Bertz CT molecular complexity index is 495.